The minimum Gasteiger partial charge on any atom is -0.355 e. The van der Waals surface area contributed by atoms with Gasteiger partial charge in [0.15, 0.2) is 15.6 Å². The first-order valence-electron chi connectivity index (χ1n) is 9.67. The van der Waals surface area contributed by atoms with Gasteiger partial charge in [0.25, 0.3) is 5.91 Å². The first kappa shape index (κ1) is 19.4. The zero-order chi connectivity index (χ0) is 21.6. The SMILES string of the molecule is O=C(c1ccc2noc(-c3ccccc3)c2c1)N1CC(S(=O)(=O)c2ccc(F)cc2)C1. The van der Waals surface area contributed by atoms with Crippen molar-refractivity contribution in [2.75, 3.05) is 13.1 Å². The van der Waals surface area contributed by atoms with Crippen LogP contribution in [0.25, 0.3) is 22.2 Å². The molecule has 0 atom stereocenters. The van der Waals surface area contributed by atoms with Crippen molar-refractivity contribution < 1.29 is 22.1 Å². The van der Waals surface area contributed by atoms with Gasteiger partial charge in [-0.25, -0.2) is 12.8 Å². The van der Waals surface area contributed by atoms with Crippen LogP contribution in [0.15, 0.2) is 82.2 Å². The fraction of sp³-hybridized carbons (Fsp3) is 0.130. The largest absolute Gasteiger partial charge is 0.355 e. The standard InChI is InChI=1S/C23H17FN2O4S/c24-17-7-9-18(10-8-17)31(28,29)19-13-26(14-19)23(27)16-6-11-21-20(12-16)22(30-25-21)15-4-2-1-3-5-15/h1-12,19H,13-14H2. The smallest absolute Gasteiger partial charge is 0.253 e. The number of nitrogens with zero attached hydrogens (tertiary/aromatic N) is 2. The number of benzene rings is 3. The van der Waals surface area contributed by atoms with Gasteiger partial charge in [-0.2, -0.15) is 0 Å². The first-order valence-corrected chi connectivity index (χ1v) is 11.2. The highest BCUT2D eigenvalue weighted by Gasteiger charge is 2.40. The van der Waals surface area contributed by atoms with Crippen molar-refractivity contribution in [3.63, 3.8) is 0 Å². The van der Waals surface area contributed by atoms with Crippen LogP contribution >= 0.6 is 0 Å². The molecule has 156 valence electrons. The fourth-order valence-corrected chi connectivity index (χ4v) is 5.32. The predicted molar refractivity (Wildman–Crippen MR) is 113 cm³/mol. The van der Waals surface area contributed by atoms with Crippen molar-refractivity contribution in [1.82, 2.24) is 10.1 Å². The molecule has 5 rings (SSSR count). The average molecular weight is 436 g/mol. The van der Waals surface area contributed by atoms with Crippen molar-refractivity contribution in [1.29, 1.82) is 0 Å². The topological polar surface area (TPSA) is 80.5 Å². The van der Waals surface area contributed by atoms with E-state index in [9.17, 15) is 17.6 Å². The van der Waals surface area contributed by atoms with Crippen LogP contribution in [0.1, 0.15) is 10.4 Å². The van der Waals surface area contributed by atoms with Gasteiger partial charge in [-0.05, 0) is 42.5 Å². The van der Waals surface area contributed by atoms with Gasteiger partial charge < -0.3 is 9.42 Å². The maximum Gasteiger partial charge on any atom is 0.253 e. The van der Waals surface area contributed by atoms with Crippen molar-refractivity contribution in [3.8, 4) is 11.3 Å². The Bertz CT molecular complexity index is 1380. The van der Waals surface area contributed by atoms with Gasteiger partial charge in [0, 0.05) is 24.2 Å². The summed E-state index contributed by atoms with van der Waals surface area (Å²) in [6.45, 7) is 0.178. The van der Waals surface area contributed by atoms with Gasteiger partial charge >= 0.3 is 0 Å². The van der Waals surface area contributed by atoms with Crippen molar-refractivity contribution in [2.45, 2.75) is 10.1 Å². The lowest BCUT2D eigenvalue weighted by molar-refractivity contribution is 0.0659. The summed E-state index contributed by atoms with van der Waals surface area (Å²) in [6.07, 6.45) is 0. The molecule has 1 amide bonds. The Morgan fingerprint density at radius 2 is 1.71 bits per heavy atom. The minimum absolute atomic E-state index is 0.0596. The number of likely N-dealkylation sites (tertiary alicyclic amines) is 1. The lowest BCUT2D eigenvalue weighted by atomic mass is 10.0. The zero-order valence-corrected chi connectivity index (χ0v) is 17.0. The Balaban J connectivity index is 1.36. The molecule has 1 saturated heterocycles. The predicted octanol–water partition coefficient (Wildman–Crippen LogP) is 3.93. The van der Waals surface area contributed by atoms with E-state index < -0.39 is 20.9 Å². The van der Waals surface area contributed by atoms with E-state index >= 15 is 0 Å². The number of carbonyl (C=O) groups is 1. The summed E-state index contributed by atoms with van der Waals surface area (Å²) in [4.78, 5) is 14.5. The number of sulfone groups is 1. The summed E-state index contributed by atoms with van der Waals surface area (Å²) < 4.78 is 43.9. The molecular formula is C23H17FN2O4S. The van der Waals surface area contributed by atoms with Crippen molar-refractivity contribution >= 4 is 26.6 Å². The number of hydrogen-bond donors (Lipinski definition) is 0. The van der Waals surface area contributed by atoms with Crippen LogP contribution in [0.2, 0.25) is 0 Å². The molecule has 0 spiro atoms. The van der Waals surface area contributed by atoms with E-state index in [1.54, 1.807) is 18.2 Å². The van der Waals surface area contributed by atoms with Gasteiger partial charge in [-0.1, -0.05) is 35.5 Å². The van der Waals surface area contributed by atoms with Gasteiger partial charge in [-0.3, -0.25) is 4.79 Å². The van der Waals surface area contributed by atoms with Gasteiger partial charge in [0.2, 0.25) is 0 Å². The average Bonchev–Trinajstić information content (AvgIpc) is 3.16. The molecule has 1 fully saturated rings. The summed E-state index contributed by atoms with van der Waals surface area (Å²) in [5, 5.41) is 4.06. The number of amides is 1. The lowest BCUT2D eigenvalue weighted by Crippen LogP contribution is -2.56. The summed E-state index contributed by atoms with van der Waals surface area (Å²) in [5.41, 5.74) is 1.92. The number of fused-ring (bicyclic) bond motifs is 1. The van der Waals surface area contributed by atoms with Gasteiger partial charge in [0.1, 0.15) is 16.6 Å². The van der Waals surface area contributed by atoms with E-state index in [0.717, 1.165) is 17.7 Å². The van der Waals surface area contributed by atoms with Crippen molar-refractivity contribution in [3.05, 3.63) is 84.2 Å². The monoisotopic (exact) mass is 436 g/mol. The Morgan fingerprint density at radius 1 is 1.00 bits per heavy atom. The van der Waals surface area contributed by atoms with Crippen LogP contribution in [-0.4, -0.2) is 42.7 Å². The fourth-order valence-electron chi connectivity index (χ4n) is 3.67. The number of rotatable bonds is 4. The molecule has 0 radical (unpaired) electrons. The normalized spacial score (nSPS) is 14.5. The maximum absolute atomic E-state index is 13.1. The van der Waals surface area contributed by atoms with E-state index in [1.165, 1.54) is 17.0 Å². The Morgan fingerprint density at radius 3 is 2.42 bits per heavy atom. The highest BCUT2D eigenvalue weighted by Crippen LogP contribution is 2.31. The molecule has 8 heteroatoms. The van der Waals surface area contributed by atoms with Crippen LogP contribution in [0.3, 0.4) is 0 Å². The molecule has 6 nitrogen and oxygen atoms in total. The molecule has 2 heterocycles. The number of hydrogen-bond acceptors (Lipinski definition) is 5. The van der Waals surface area contributed by atoms with E-state index in [1.807, 2.05) is 30.3 Å². The van der Waals surface area contributed by atoms with Gasteiger partial charge in [-0.15, -0.1) is 0 Å². The van der Waals surface area contributed by atoms with Crippen LogP contribution in [0, 0.1) is 5.82 Å². The second kappa shape index (κ2) is 7.31. The molecule has 4 aromatic rings. The molecule has 0 N–H and O–H groups in total. The van der Waals surface area contributed by atoms with E-state index in [2.05, 4.69) is 5.16 Å². The number of halogens is 1. The Hall–Kier alpha value is -3.52. The third kappa shape index (κ3) is 3.38. The summed E-state index contributed by atoms with van der Waals surface area (Å²) in [7, 11) is -3.62. The van der Waals surface area contributed by atoms with E-state index in [4.69, 9.17) is 4.52 Å². The highest BCUT2D eigenvalue weighted by atomic mass is 32.2. The zero-order valence-electron chi connectivity index (χ0n) is 16.2. The number of carbonyl (C=O) groups excluding carboxylic acids is 1. The summed E-state index contributed by atoms with van der Waals surface area (Å²) >= 11 is 0. The molecule has 1 aromatic heterocycles. The second-order valence-electron chi connectivity index (χ2n) is 7.44. The minimum atomic E-state index is -3.62. The van der Waals surface area contributed by atoms with Crippen LogP contribution < -0.4 is 0 Å². The number of aromatic nitrogens is 1. The van der Waals surface area contributed by atoms with Crippen LogP contribution in [0.5, 0.6) is 0 Å². The molecule has 31 heavy (non-hydrogen) atoms. The lowest BCUT2D eigenvalue weighted by Gasteiger charge is -2.38. The molecule has 0 bridgehead atoms. The molecule has 0 unspecified atom stereocenters. The van der Waals surface area contributed by atoms with E-state index in [-0.39, 0.29) is 23.9 Å². The van der Waals surface area contributed by atoms with Gasteiger partial charge in [0.05, 0.1) is 10.3 Å². The Kier molecular flexibility index (Phi) is 4.59. The molecule has 0 aliphatic carbocycles. The second-order valence-corrected chi connectivity index (χ2v) is 9.67. The molecule has 1 aliphatic rings. The Labute approximate surface area is 177 Å². The summed E-state index contributed by atoms with van der Waals surface area (Å²) in [5.74, 6) is -0.179. The van der Waals surface area contributed by atoms with Crippen LogP contribution in [0.4, 0.5) is 4.39 Å². The molecular weight excluding hydrogens is 419 g/mol. The first-order chi connectivity index (χ1) is 14.9. The quantitative estimate of drug-likeness (QED) is 0.453. The third-order valence-electron chi connectivity index (χ3n) is 5.48. The van der Waals surface area contributed by atoms with E-state index in [0.29, 0.717) is 22.2 Å². The maximum atomic E-state index is 13.1. The summed E-state index contributed by atoms with van der Waals surface area (Å²) in [6, 6.07) is 19.3. The molecule has 0 saturated carbocycles. The third-order valence-corrected chi connectivity index (χ3v) is 7.58. The van der Waals surface area contributed by atoms with Crippen molar-refractivity contribution in [2.24, 2.45) is 0 Å². The molecule has 3 aromatic carbocycles. The molecule has 1 aliphatic heterocycles. The van der Waals surface area contributed by atoms with Crippen LogP contribution in [-0.2, 0) is 9.84 Å². The highest BCUT2D eigenvalue weighted by molar-refractivity contribution is 7.92.